The second-order valence-corrected chi connectivity index (χ2v) is 6.17. The lowest BCUT2D eigenvalue weighted by Gasteiger charge is -2.26. The molecule has 0 aliphatic heterocycles. The van der Waals surface area contributed by atoms with Crippen LogP contribution in [0.1, 0.15) is 37.2 Å². The quantitative estimate of drug-likeness (QED) is 0.696. The smallest absolute Gasteiger partial charge is 0.0704 e. The summed E-state index contributed by atoms with van der Waals surface area (Å²) in [6.07, 6.45) is 7.10. The predicted molar refractivity (Wildman–Crippen MR) is 75.7 cm³/mol. The summed E-state index contributed by atoms with van der Waals surface area (Å²) in [6, 6.07) is 10.8. The number of nitrogens with zero attached hydrogens (tertiary/aromatic N) is 1. The molecule has 1 aliphatic rings. The van der Waals surface area contributed by atoms with Gasteiger partial charge in [0.1, 0.15) is 0 Å². The molecule has 1 saturated carbocycles. The fraction of sp³-hybridized carbons (Fsp3) is 0.400. The lowest BCUT2D eigenvalue weighted by Crippen LogP contribution is -2.13. The molecule has 0 saturated heterocycles. The summed E-state index contributed by atoms with van der Waals surface area (Å²) in [5.74, 6) is 0.695. The summed E-state index contributed by atoms with van der Waals surface area (Å²) in [7, 11) is 0. The highest BCUT2D eigenvalue weighted by molar-refractivity contribution is 9.09. The summed E-state index contributed by atoms with van der Waals surface area (Å²) in [6.45, 7) is 0. The third-order valence-corrected chi connectivity index (χ3v) is 4.56. The topological polar surface area (TPSA) is 12.9 Å². The Morgan fingerprint density at radius 1 is 1.12 bits per heavy atom. The fourth-order valence-corrected chi connectivity index (χ4v) is 3.67. The minimum atomic E-state index is 0.688. The Bertz CT molecular complexity index is 518. The molecule has 2 aromatic rings. The first-order valence-electron chi connectivity index (χ1n) is 6.32. The Balaban J connectivity index is 2.04. The normalized spacial score (nSPS) is 25.0. The third kappa shape index (κ3) is 2.23. The highest BCUT2D eigenvalue weighted by atomic mass is 79.9. The lowest BCUT2D eigenvalue weighted by atomic mass is 9.82. The van der Waals surface area contributed by atoms with Gasteiger partial charge in [0.15, 0.2) is 0 Å². The number of alkyl halides is 1. The molecule has 1 nitrogen and oxygen atoms in total. The van der Waals surface area contributed by atoms with Crippen LogP contribution in [0.15, 0.2) is 36.5 Å². The SMILES string of the molecule is BrC1CCCC(c2cccc3ncccc23)C1. The van der Waals surface area contributed by atoms with E-state index in [1.165, 1.54) is 36.6 Å². The number of aromatic nitrogens is 1. The van der Waals surface area contributed by atoms with E-state index >= 15 is 0 Å². The van der Waals surface area contributed by atoms with E-state index in [1.807, 2.05) is 12.3 Å². The zero-order chi connectivity index (χ0) is 11.7. The van der Waals surface area contributed by atoms with Gasteiger partial charge in [-0.15, -0.1) is 0 Å². The van der Waals surface area contributed by atoms with Gasteiger partial charge in [0.25, 0.3) is 0 Å². The van der Waals surface area contributed by atoms with Gasteiger partial charge in [0.05, 0.1) is 5.52 Å². The first-order chi connectivity index (χ1) is 8.34. The molecule has 1 aromatic heterocycles. The molecule has 1 aromatic carbocycles. The molecule has 2 unspecified atom stereocenters. The highest BCUT2D eigenvalue weighted by Crippen LogP contribution is 2.38. The van der Waals surface area contributed by atoms with Crippen LogP contribution in [-0.4, -0.2) is 9.81 Å². The summed E-state index contributed by atoms with van der Waals surface area (Å²) >= 11 is 3.77. The molecule has 0 amide bonds. The molecule has 2 atom stereocenters. The average molecular weight is 290 g/mol. The molecule has 17 heavy (non-hydrogen) atoms. The second kappa shape index (κ2) is 4.77. The van der Waals surface area contributed by atoms with E-state index in [0.717, 1.165) is 5.52 Å². The van der Waals surface area contributed by atoms with E-state index in [2.05, 4.69) is 45.2 Å². The summed E-state index contributed by atoms with van der Waals surface area (Å²) in [5.41, 5.74) is 2.61. The van der Waals surface area contributed by atoms with E-state index in [4.69, 9.17) is 0 Å². The number of hydrogen-bond acceptors (Lipinski definition) is 1. The first-order valence-corrected chi connectivity index (χ1v) is 7.24. The van der Waals surface area contributed by atoms with Crippen molar-refractivity contribution in [2.75, 3.05) is 0 Å². The van der Waals surface area contributed by atoms with Gasteiger partial charge in [-0.25, -0.2) is 0 Å². The van der Waals surface area contributed by atoms with Crippen LogP contribution in [0.25, 0.3) is 10.9 Å². The number of halogens is 1. The van der Waals surface area contributed by atoms with Gasteiger partial charge in [0.2, 0.25) is 0 Å². The van der Waals surface area contributed by atoms with Crippen LogP contribution in [0.4, 0.5) is 0 Å². The van der Waals surface area contributed by atoms with Crippen LogP contribution < -0.4 is 0 Å². The van der Waals surface area contributed by atoms with Crippen LogP contribution in [0.5, 0.6) is 0 Å². The highest BCUT2D eigenvalue weighted by Gasteiger charge is 2.22. The minimum absolute atomic E-state index is 0.688. The molecule has 3 rings (SSSR count). The largest absolute Gasteiger partial charge is 0.256 e. The second-order valence-electron chi connectivity index (χ2n) is 4.88. The van der Waals surface area contributed by atoms with Gasteiger partial charge in [-0.1, -0.05) is 40.5 Å². The zero-order valence-electron chi connectivity index (χ0n) is 9.77. The molecule has 1 heterocycles. The van der Waals surface area contributed by atoms with Gasteiger partial charge in [0, 0.05) is 16.4 Å². The molecule has 0 spiro atoms. The van der Waals surface area contributed by atoms with Crippen molar-refractivity contribution in [2.45, 2.75) is 36.4 Å². The van der Waals surface area contributed by atoms with Crippen molar-refractivity contribution in [1.29, 1.82) is 0 Å². The molecule has 88 valence electrons. The molecule has 0 bridgehead atoms. The van der Waals surface area contributed by atoms with Crippen LogP contribution in [0.3, 0.4) is 0 Å². The summed E-state index contributed by atoms with van der Waals surface area (Å²) in [5, 5.41) is 1.33. The van der Waals surface area contributed by atoms with Crippen LogP contribution in [-0.2, 0) is 0 Å². The molecule has 1 aliphatic carbocycles. The Morgan fingerprint density at radius 2 is 2.06 bits per heavy atom. The van der Waals surface area contributed by atoms with E-state index in [1.54, 1.807) is 0 Å². The monoisotopic (exact) mass is 289 g/mol. The van der Waals surface area contributed by atoms with Crippen molar-refractivity contribution < 1.29 is 0 Å². The van der Waals surface area contributed by atoms with Crippen molar-refractivity contribution in [3.8, 4) is 0 Å². The van der Waals surface area contributed by atoms with Gasteiger partial charge in [-0.05, 0) is 42.9 Å². The maximum absolute atomic E-state index is 4.44. The van der Waals surface area contributed by atoms with Crippen molar-refractivity contribution in [2.24, 2.45) is 0 Å². The summed E-state index contributed by atoms with van der Waals surface area (Å²) in [4.78, 5) is 5.13. The molecular formula is C15H16BrN. The Labute approximate surface area is 110 Å². The van der Waals surface area contributed by atoms with E-state index < -0.39 is 0 Å². The average Bonchev–Trinajstić information content (AvgIpc) is 2.38. The molecule has 1 fully saturated rings. The number of fused-ring (bicyclic) bond motifs is 1. The van der Waals surface area contributed by atoms with Gasteiger partial charge >= 0.3 is 0 Å². The Morgan fingerprint density at radius 3 is 2.94 bits per heavy atom. The number of rotatable bonds is 1. The Kier molecular flexibility index (Phi) is 3.15. The van der Waals surface area contributed by atoms with Crippen molar-refractivity contribution in [3.63, 3.8) is 0 Å². The molecule has 0 N–H and O–H groups in total. The van der Waals surface area contributed by atoms with Crippen LogP contribution in [0.2, 0.25) is 0 Å². The van der Waals surface area contributed by atoms with Gasteiger partial charge in [-0.3, -0.25) is 4.98 Å². The number of hydrogen-bond donors (Lipinski definition) is 0. The van der Waals surface area contributed by atoms with Gasteiger partial charge in [-0.2, -0.15) is 0 Å². The van der Waals surface area contributed by atoms with Gasteiger partial charge < -0.3 is 0 Å². The fourth-order valence-electron chi connectivity index (χ4n) is 2.90. The number of benzene rings is 1. The maximum atomic E-state index is 4.44. The minimum Gasteiger partial charge on any atom is -0.256 e. The van der Waals surface area contributed by atoms with Crippen molar-refractivity contribution in [3.05, 3.63) is 42.1 Å². The van der Waals surface area contributed by atoms with Crippen molar-refractivity contribution in [1.82, 2.24) is 4.98 Å². The molecule has 2 heteroatoms. The molecular weight excluding hydrogens is 274 g/mol. The Hall–Kier alpha value is -0.890. The first kappa shape index (κ1) is 11.2. The standard InChI is InChI=1S/C15H16BrN/c16-12-5-1-4-11(10-12)13-6-2-8-15-14(13)7-3-9-17-15/h2-3,6-9,11-12H,1,4-5,10H2. The van der Waals surface area contributed by atoms with Crippen molar-refractivity contribution >= 4 is 26.8 Å². The van der Waals surface area contributed by atoms with E-state index in [9.17, 15) is 0 Å². The third-order valence-electron chi connectivity index (χ3n) is 3.73. The summed E-state index contributed by atoms with van der Waals surface area (Å²) < 4.78 is 0. The molecule has 0 radical (unpaired) electrons. The van der Waals surface area contributed by atoms with Crippen LogP contribution in [0, 0.1) is 0 Å². The van der Waals surface area contributed by atoms with E-state index in [-0.39, 0.29) is 0 Å². The van der Waals surface area contributed by atoms with Crippen LogP contribution >= 0.6 is 15.9 Å². The number of pyridine rings is 1. The maximum Gasteiger partial charge on any atom is 0.0704 e. The lowest BCUT2D eigenvalue weighted by molar-refractivity contribution is 0.460. The predicted octanol–water partition coefficient (Wildman–Crippen LogP) is 4.66. The zero-order valence-corrected chi connectivity index (χ0v) is 11.4. The van der Waals surface area contributed by atoms with E-state index in [0.29, 0.717) is 10.7 Å².